The Morgan fingerprint density at radius 1 is 1.26 bits per heavy atom. The Morgan fingerprint density at radius 2 is 2.07 bits per heavy atom. The van der Waals surface area contributed by atoms with Crippen LogP contribution in [0.1, 0.15) is 43.5 Å². The number of carbonyl (C=O) groups excluding carboxylic acids is 1. The number of hydrogen-bond donors (Lipinski definition) is 0. The molecule has 0 radical (unpaired) electrons. The second-order valence-corrected chi connectivity index (χ2v) is 8.20. The summed E-state index contributed by atoms with van der Waals surface area (Å²) in [5.41, 5.74) is 3.74. The third-order valence-corrected chi connectivity index (χ3v) is 6.65. The Bertz CT molecular complexity index is 805. The summed E-state index contributed by atoms with van der Waals surface area (Å²) < 4.78 is 5.63. The van der Waals surface area contributed by atoms with E-state index < -0.39 is 0 Å². The predicted octanol–water partition coefficient (Wildman–Crippen LogP) is 5.13. The Kier molecular flexibility index (Phi) is 6.48. The van der Waals surface area contributed by atoms with Crippen molar-refractivity contribution in [3.63, 3.8) is 0 Å². The van der Waals surface area contributed by atoms with Crippen molar-refractivity contribution < 1.29 is 9.53 Å². The van der Waals surface area contributed by atoms with Crippen LogP contribution in [-0.2, 0) is 17.6 Å². The summed E-state index contributed by atoms with van der Waals surface area (Å²) in [6.07, 6.45) is 1.80. The number of thioether (sulfide) groups is 1. The summed E-state index contributed by atoms with van der Waals surface area (Å²) >= 11 is 1.78. The summed E-state index contributed by atoms with van der Waals surface area (Å²) in [5.74, 6) is 1.97. The standard InChI is InChI=1S/C23H29NO2S/c1-5-17-8-7-9-18(12-17)16(3)24(4)23(25)20-13-19-14-21(26-6-2)10-11-22(19)27-15-20/h7-12,14,16,20H,5-6,13,15H2,1-4H3. The van der Waals surface area contributed by atoms with Crippen molar-refractivity contribution in [1.82, 2.24) is 4.90 Å². The van der Waals surface area contributed by atoms with E-state index in [9.17, 15) is 4.79 Å². The highest BCUT2D eigenvalue weighted by Crippen LogP contribution is 2.36. The van der Waals surface area contributed by atoms with E-state index in [1.807, 2.05) is 24.9 Å². The van der Waals surface area contributed by atoms with Gasteiger partial charge in [0.25, 0.3) is 0 Å². The quantitative estimate of drug-likeness (QED) is 0.692. The van der Waals surface area contributed by atoms with E-state index in [-0.39, 0.29) is 17.9 Å². The normalized spacial score (nSPS) is 17.1. The van der Waals surface area contributed by atoms with Crippen LogP contribution in [0.25, 0.3) is 0 Å². The molecule has 0 N–H and O–H groups in total. The summed E-state index contributed by atoms with van der Waals surface area (Å²) in [6.45, 7) is 6.92. The molecule has 0 spiro atoms. The van der Waals surface area contributed by atoms with Crippen molar-refractivity contribution in [3.05, 3.63) is 59.2 Å². The first-order valence-corrected chi connectivity index (χ1v) is 10.8. The minimum Gasteiger partial charge on any atom is -0.494 e. The van der Waals surface area contributed by atoms with Gasteiger partial charge in [0.2, 0.25) is 5.91 Å². The van der Waals surface area contributed by atoms with Gasteiger partial charge in [-0.05, 0) is 61.6 Å². The van der Waals surface area contributed by atoms with Crippen LogP contribution in [0.2, 0.25) is 0 Å². The van der Waals surface area contributed by atoms with Gasteiger partial charge < -0.3 is 9.64 Å². The Morgan fingerprint density at radius 3 is 2.81 bits per heavy atom. The van der Waals surface area contributed by atoms with E-state index in [0.29, 0.717) is 6.61 Å². The highest BCUT2D eigenvalue weighted by Gasteiger charge is 2.30. The average Bonchev–Trinajstić information content (AvgIpc) is 2.71. The van der Waals surface area contributed by atoms with Gasteiger partial charge in [0, 0.05) is 17.7 Å². The molecule has 27 heavy (non-hydrogen) atoms. The molecule has 3 rings (SSSR count). The molecule has 1 heterocycles. The van der Waals surface area contributed by atoms with Crippen molar-refractivity contribution in [2.24, 2.45) is 5.92 Å². The molecule has 2 aromatic carbocycles. The lowest BCUT2D eigenvalue weighted by Crippen LogP contribution is -2.38. The Labute approximate surface area is 167 Å². The molecule has 2 unspecified atom stereocenters. The zero-order valence-corrected chi connectivity index (χ0v) is 17.5. The van der Waals surface area contributed by atoms with E-state index >= 15 is 0 Å². The number of amides is 1. The maximum Gasteiger partial charge on any atom is 0.227 e. The van der Waals surface area contributed by atoms with Gasteiger partial charge in [0.05, 0.1) is 18.6 Å². The number of nitrogens with zero attached hydrogens (tertiary/aromatic N) is 1. The fourth-order valence-corrected chi connectivity index (χ4v) is 4.69. The molecule has 1 amide bonds. The molecule has 0 fully saturated rings. The SMILES string of the molecule is CCOc1ccc2c(c1)CC(C(=O)N(C)C(C)c1cccc(CC)c1)CS2. The van der Waals surface area contributed by atoms with E-state index in [2.05, 4.69) is 50.2 Å². The topological polar surface area (TPSA) is 29.5 Å². The molecular formula is C23H29NO2S. The van der Waals surface area contributed by atoms with Gasteiger partial charge in [0.15, 0.2) is 0 Å². The lowest BCUT2D eigenvalue weighted by Gasteiger charge is -2.31. The van der Waals surface area contributed by atoms with E-state index in [1.54, 1.807) is 11.8 Å². The number of fused-ring (bicyclic) bond motifs is 1. The van der Waals surface area contributed by atoms with Gasteiger partial charge in [-0.25, -0.2) is 0 Å². The molecule has 3 nitrogen and oxygen atoms in total. The van der Waals surface area contributed by atoms with E-state index in [1.165, 1.54) is 21.6 Å². The molecule has 0 saturated heterocycles. The maximum absolute atomic E-state index is 13.2. The third-order valence-electron chi connectivity index (χ3n) is 5.37. The first kappa shape index (κ1) is 19.8. The van der Waals surface area contributed by atoms with Crippen molar-refractivity contribution in [3.8, 4) is 5.75 Å². The van der Waals surface area contributed by atoms with Crippen LogP contribution in [0, 0.1) is 5.92 Å². The van der Waals surface area contributed by atoms with Crippen LogP contribution >= 0.6 is 11.8 Å². The van der Waals surface area contributed by atoms with Crippen LogP contribution in [0.4, 0.5) is 0 Å². The van der Waals surface area contributed by atoms with Crippen LogP contribution in [0.15, 0.2) is 47.4 Å². The summed E-state index contributed by atoms with van der Waals surface area (Å²) in [7, 11) is 1.93. The smallest absolute Gasteiger partial charge is 0.227 e. The highest BCUT2D eigenvalue weighted by molar-refractivity contribution is 7.99. The number of ether oxygens (including phenoxy) is 1. The van der Waals surface area contributed by atoms with Crippen molar-refractivity contribution in [2.75, 3.05) is 19.4 Å². The number of carbonyl (C=O) groups is 1. The molecule has 0 bridgehead atoms. The van der Waals surface area contributed by atoms with Crippen LogP contribution in [0.3, 0.4) is 0 Å². The fourth-order valence-electron chi connectivity index (χ4n) is 3.56. The van der Waals surface area contributed by atoms with Gasteiger partial charge >= 0.3 is 0 Å². The van der Waals surface area contributed by atoms with Gasteiger partial charge in [0.1, 0.15) is 5.75 Å². The van der Waals surface area contributed by atoms with Crippen molar-refractivity contribution in [2.45, 2.75) is 44.6 Å². The lowest BCUT2D eigenvalue weighted by molar-refractivity contribution is -0.135. The first-order valence-electron chi connectivity index (χ1n) is 9.77. The monoisotopic (exact) mass is 383 g/mol. The summed E-state index contributed by atoms with van der Waals surface area (Å²) in [4.78, 5) is 16.4. The summed E-state index contributed by atoms with van der Waals surface area (Å²) in [6, 6.07) is 14.9. The van der Waals surface area contributed by atoms with E-state index in [0.717, 1.165) is 24.3 Å². The lowest BCUT2D eigenvalue weighted by atomic mass is 9.97. The fraction of sp³-hybridized carbons (Fsp3) is 0.435. The number of aryl methyl sites for hydroxylation is 1. The third kappa shape index (κ3) is 4.49. The average molecular weight is 384 g/mol. The van der Waals surface area contributed by atoms with Crippen molar-refractivity contribution >= 4 is 17.7 Å². The first-order chi connectivity index (χ1) is 13.0. The largest absolute Gasteiger partial charge is 0.494 e. The van der Waals surface area contributed by atoms with Gasteiger partial charge in [-0.3, -0.25) is 4.79 Å². The predicted molar refractivity (Wildman–Crippen MR) is 113 cm³/mol. The molecule has 4 heteroatoms. The van der Waals surface area contributed by atoms with E-state index in [4.69, 9.17) is 4.74 Å². The molecule has 0 aromatic heterocycles. The number of benzene rings is 2. The van der Waals surface area contributed by atoms with Gasteiger partial charge in [-0.2, -0.15) is 0 Å². The maximum atomic E-state index is 13.2. The minimum atomic E-state index is 0.0150. The number of hydrogen-bond acceptors (Lipinski definition) is 3. The molecular weight excluding hydrogens is 354 g/mol. The Hall–Kier alpha value is -1.94. The summed E-state index contributed by atoms with van der Waals surface area (Å²) in [5, 5.41) is 0. The second kappa shape index (κ2) is 8.83. The molecule has 0 saturated carbocycles. The zero-order valence-electron chi connectivity index (χ0n) is 16.7. The molecule has 1 aliphatic rings. The number of rotatable bonds is 6. The molecule has 2 atom stereocenters. The second-order valence-electron chi connectivity index (χ2n) is 7.14. The van der Waals surface area contributed by atoms with Crippen molar-refractivity contribution in [1.29, 1.82) is 0 Å². The van der Waals surface area contributed by atoms with Crippen LogP contribution in [0.5, 0.6) is 5.75 Å². The van der Waals surface area contributed by atoms with Crippen LogP contribution in [-0.4, -0.2) is 30.2 Å². The highest BCUT2D eigenvalue weighted by atomic mass is 32.2. The minimum absolute atomic E-state index is 0.0150. The molecule has 1 aliphatic heterocycles. The Balaban J connectivity index is 1.72. The molecule has 2 aromatic rings. The van der Waals surface area contributed by atoms with Gasteiger partial charge in [-0.15, -0.1) is 11.8 Å². The van der Waals surface area contributed by atoms with Gasteiger partial charge in [-0.1, -0.05) is 31.2 Å². The molecule has 0 aliphatic carbocycles. The molecule has 144 valence electrons. The zero-order chi connectivity index (χ0) is 19.4. The van der Waals surface area contributed by atoms with Crippen LogP contribution < -0.4 is 4.74 Å².